The Labute approximate surface area is 135 Å². The molecule has 0 saturated heterocycles. The van der Waals surface area contributed by atoms with E-state index in [1.807, 2.05) is 24.3 Å². The molecule has 0 aliphatic heterocycles. The minimum absolute atomic E-state index is 0.358. The highest BCUT2D eigenvalue weighted by Gasteiger charge is 2.16. The molecule has 1 aromatic heterocycles. The van der Waals surface area contributed by atoms with E-state index in [9.17, 15) is 9.18 Å². The number of carbonyl (C=O) groups is 1. The molecule has 0 saturated carbocycles. The number of hydrazone groups is 1. The fraction of sp³-hybridized carbons (Fsp3) is 0. The lowest BCUT2D eigenvalue weighted by molar-refractivity contribution is 0.0959. The average Bonchev–Trinajstić information content (AvgIpc) is 2.85. The van der Waals surface area contributed by atoms with Crippen LogP contribution >= 0.6 is 22.9 Å². The fourth-order valence-electron chi connectivity index (χ4n) is 1.96. The molecule has 0 spiro atoms. The van der Waals surface area contributed by atoms with Gasteiger partial charge in [0.1, 0.15) is 10.7 Å². The molecule has 6 heteroatoms. The van der Waals surface area contributed by atoms with Crippen molar-refractivity contribution in [3.8, 4) is 0 Å². The van der Waals surface area contributed by atoms with E-state index < -0.39 is 0 Å². The number of halogens is 2. The quantitative estimate of drug-likeness (QED) is 0.558. The van der Waals surface area contributed by atoms with Crippen LogP contribution in [0.1, 0.15) is 15.2 Å². The smallest absolute Gasteiger partial charge is 0.266 e. The van der Waals surface area contributed by atoms with Crippen molar-refractivity contribution in [1.82, 2.24) is 5.43 Å². The molecule has 3 nitrogen and oxygen atoms in total. The largest absolute Gasteiger partial charge is 0.283 e. The predicted octanol–water partition coefficient (Wildman–Crippen LogP) is 4.46. The Kier molecular flexibility index (Phi) is 4.18. The van der Waals surface area contributed by atoms with Gasteiger partial charge < -0.3 is 0 Å². The second-order valence-electron chi connectivity index (χ2n) is 4.50. The number of hydrogen-bond donors (Lipinski definition) is 1. The Morgan fingerprint density at radius 1 is 1.23 bits per heavy atom. The SMILES string of the molecule is O=C(N/N=C/c1cccc(F)c1)c1sc2ccccc2c1Cl. The molecule has 0 unspecified atom stereocenters. The van der Waals surface area contributed by atoms with Crippen molar-refractivity contribution < 1.29 is 9.18 Å². The number of fused-ring (bicyclic) bond motifs is 1. The van der Waals surface area contributed by atoms with Crippen molar-refractivity contribution in [1.29, 1.82) is 0 Å². The van der Waals surface area contributed by atoms with Gasteiger partial charge in [0, 0.05) is 10.1 Å². The van der Waals surface area contributed by atoms with Gasteiger partial charge in [-0.15, -0.1) is 11.3 Å². The highest BCUT2D eigenvalue weighted by Crippen LogP contribution is 2.34. The number of hydrogen-bond acceptors (Lipinski definition) is 3. The molecule has 110 valence electrons. The highest BCUT2D eigenvalue weighted by molar-refractivity contribution is 7.21. The van der Waals surface area contributed by atoms with E-state index in [1.165, 1.54) is 29.7 Å². The van der Waals surface area contributed by atoms with Crippen LogP contribution in [-0.4, -0.2) is 12.1 Å². The summed E-state index contributed by atoms with van der Waals surface area (Å²) in [6, 6.07) is 13.4. The van der Waals surface area contributed by atoms with Gasteiger partial charge in [0.15, 0.2) is 0 Å². The summed E-state index contributed by atoms with van der Waals surface area (Å²) in [6.45, 7) is 0. The molecule has 0 radical (unpaired) electrons. The summed E-state index contributed by atoms with van der Waals surface area (Å²) < 4.78 is 14.0. The average molecular weight is 333 g/mol. The van der Waals surface area contributed by atoms with Gasteiger partial charge in [0.05, 0.1) is 11.2 Å². The molecule has 2 aromatic carbocycles. The number of nitrogens with one attached hydrogen (secondary N) is 1. The van der Waals surface area contributed by atoms with Gasteiger partial charge in [-0.25, -0.2) is 9.82 Å². The van der Waals surface area contributed by atoms with Crippen molar-refractivity contribution in [2.45, 2.75) is 0 Å². The van der Waals surface area contributed by atoms with Crippen LogP contribution in [0.5, 0.6) is 0 Å². The van der Waals surface area contributed by atoms with Crippen LogP contribution in [0.4, 0.5) is 4.39 Å². The molecule has 0 aliphatic carbocycles. The van der Waals surface area contributed by atoms with Crippen LogP contribution in [0.2, 0.25) is 5.02 Å². The molecule has 3 rings (SSSR count). The molecule has 3 aromatic rings. The third kappa shape index (κ3) is 3.00. The van der Waals surface area contributed by atoms with Crippen molar-refractivity contribution in [3.05, 3.63) is 69.8 Å². The van der Waals surface area contributed by atoms with Crippen molar-refractivity contribution in [2.75, 3.05) is 0 Å². The number of benzene rings is 2. The Morgan fingerprint density at radius 3 is 2.82 bits per heavy atom. The molecule has 0 bridgehead atoms. The third-order valence-electron chi connectivity index (χ3n) is 2.97. The van der Waals surface area contributed by atoms with Gasteiger partial charge in [-0.3, -0.25) is 4.79 Å². The van der Waals surface area contributed by atoms with Gasteiger partial charge in [-0.1, -0.05) is 41.9 Å². The summed E-state index contributed by atoms with van der Waals surface area (Å²) in [5.41, 5.74) is 2.96. The predicted molar refractivity (Wildman–Crippen MR) is 88.3 cm³/mol. The van der Waals surface area contributed by atoms with E-state index in [-0.39, 0.29) is 11.7 Å². The summed E-state index contributed by atoms with van der Waals surface area (Å²) in [5.74, 6) is -0.748. The third-order valence-corrected chi connectivity index (χ3v) is 4.64. The lowest BCUT2D eigenvalue weighted by Gasteiger charge is -1.97. The minimum atomic E-state index is -0.390. The number of rotatable bonds is 3. The molecule has 0 atom stereocenters. The zero-order valence-corrected chi connectivity index (χ0v) is 12.8. The molecule has 0 aliphatic rings. The molecule has 1 amide bonds. The number of thiophene rings is 1. The minimum Gasteiger partial charge on any atom is -0.266 e. The summed E-state index contributed by atoms with van der Waals surface area (Å²) in [7, 11) is 0. The maximum atomic E-state index is 13.0. The number of amides is 1. The molecule has 1 N–H and O–H groups in total. The van der Waals surface area contributed by atoms with Gasteiger partial charge >= 0.3 is 0 Å². The number of carbonyl (C=O) groups excluding carboxylic acids is 1. The van der Waals surface area contributed by atoms with Gasteiger partial charge in [-0.05, 0) is 23.8 Å². The maximum absolute atomic E-state index is 13.0. The molecular formula is C16H10ClFN2OS. The van der Waals surface area contributed by atoms with Crippen LogP contribution < -0.4 is 5.43 Å². The molecule has 22 heavy (non-hydrogen) atoms. The van der Waals surface area contributed by atoms with E-state index in [2.05, 4.69) is 10.5 Å². The lowest BCUT2D eigenvalue weighted by Crippen LogP contribution is -2.16. The molecular weight excluding hydrogens is 323 g/mol. The van der Waals surface area contributed by atoms with Gasteiger partial charge in [0.2, 0.25) is 0 Å². The molecule has 0 fully saturated rings. The maximum Gasteiger partial charge on any atom is 0.283 e. The first kappa shape index (κ1) is 14.7. The van der Waals surface area contributed by atoms with Crippen LogP contribution in [-0.2, 0) is 0 Å². The zero-order valence-electron chi connectivity index (χ0n) is 11.2. The summed E-state index contributed by atoms with van der Waals surface area (Å²) in [6.07, 6.45) is 1.38. The van der Waals surface area contributed by atoms with Crippen molar-refractivity contribution >= 4 is 45.1 Å². The van der Waals surface area contributed by atoms with Crippen molar-refractivity contribution in [2.24, 2.45) is 5.10 Å². The Balaban J connectivity index is 1.77. The van der Waals surface area contributed by atoms with Crippen LogP contribution in [0.25, 0.3) is 10.1 Å². The normalized spacial score (nSPS) is 11.2. The molecule has 1 heterocycles. The van der Waals surface area contributed by atoms with E-state index in [0.717, 1.165) is 10.1 Å². The lowest BCUT2D eigenvalue weighted by atomic mass is 10.2. The standard InChI is InChI=1S/C16H10ClFN2OS/c17-14-12-6-1-2-7-13(12)22-15(14)16(21)20-19-9-10-4-3-5-11(18)8-10/h1-9H,(H,20,21)/b19-9+. The summed E-state index contributed by atoms with van der Waals surface area (Å²) in [5, 5.41) is 5.08. The first-order chi connectivity index (χ1) is 10.6. The Morgan fingerprint density at radius 2 is 2.05 bits per heavy atom. The van der Waals surface area contributed by atoms with Crippen LogP contribution in [0, 0.1) is 5.82 Å². The Hall–Kier alpha value is -2.24. The number of nitrogens with zero attached hydrogens (tertiary/aromatic N) is 1. The van der Waals surface area contributed by atoms with E-state index in [0.29, 0.717) is 15.5 Å². The van der Waals surface area contributed by atoms with Gasteiger partial charge in [-0.2, -0.15) is 5.10 Å². The first-order valence-corrected chi connectivity index (χ1v) is 7.60. The van der Waals surface area contributed by atoms with Crippen molar-refractivity contribution in [3.63, 3.8) is 0 Å². The van der Waals surface area contributed by atoms with Crippen LogP contribution in [0.15, 0.2) is 53.6 Å². The zero-order chi connectivity index (χ0) is 15.5. The van der Waals surface area contributed by atoms with E-state index >= 15 is 0 Å². The summed E-state index contributed by atoms with van der Waals surface area (Å²) >= 11 is 7.52. The highest BCUT2D eigenvalue weighted by atomic mass is 35.5. The first-order valence-electron chi connectivity index (χ1n) is 6.41. The van der Waals surface area contributed by atoms with Crippen LogP contribution in [0.3, 0.4) is 0 Å². The van der Waals surface area contributed by atoms with Gasteiger partial charge in [0.25, 0.3) is 5.91 Å². The Bertz CT molecular complexity index is 875. The second-order valence-corrected chi connectivity index (χ2v) is 5.93. The second kappa shape index (κ2) is 6.25. The fourth-order valence-corrected chi connectivity index (χ4v) is 3.37. The van der Waals surface area contributed by atoms with E-state index in [4.69, 9.17) is 11.6 Å². The summed E-state index contributed by atoms with van der Waals surface area (Å²) in [4.78, 5) is 12.5. The monoisotopic (exact) mass is 332 g/mol. The topological polar surface area (TPSA) is 41.5 Å². The van der Waals surface area contributed by atoms with E-state index in [1.54, 1.807) is 12.1 Å².